The van der Waals surface area contributed by atoms with Gasteiger partial charge in [-0.25, -0.2) is 14.3 Å². The van der Waals surface area contributed by atoms with Crippen LogP contribution in [0.3, 0.4) is 0 Å². The van der Waals surface area contributed by atoms with Crippen LogP contribution < -0.4 is 4.90 Å². The minimum atomic E-state index is 0.636. The Hall–Kier alpha value is -2.61. The van der Waals surface area contributed by atoms with Gasteiger partial charge in [-0.2, -0.15) is 5.26 Å². The van der Waals surface area contributed by atoms with Crippen LogP contribution in [0.15, 0.2) is 35.8 Å². The first kappa shape index (κ1) is 18.7. The van der Waals surface area contributed by atoms with Gasteiger partial charge in [0.05, 0.1) is 24.8 Å². The number of aryl methyl sites for hydroxylation is 2. The van der Waals surface area contributed by atoms with Crippen molar-refractivity contribution in [2.24, 2.45) is 0 Å². The molecule has 0 N–H and O–H groups in total. The number of nitrogens with zero attached hydrogens (tertiary/aromatic N) is 8. The summed E-state index contributed by atoms with van der Waals surface area (Å²) in [5.74, 6) is 0.856. The van der Waals surface area contributed by atoms with Crippen molar-refractivity contribution in [1.29, 1.82) is 5.26 Å². The second-order valence-electron chi connectivity index (χ2n) is 6.57. The van der Waals surface area contributed by atoms with E-state index < -0.39 is 0 Å². The topological polar surface area (TPSA) is 78.8 Å². The Morgan fingerprint density at radius 1 is 1.14 bits per heavy atom. The van der Waals surface area contributed by atoms with Crippen molar-refractivity contribution < 1.29 is 0 Å². The molecule has 1 saturated heterocycles. The molecule has 1 fully saturated rings. The van der Waals surface area contributed by atoms with Crippen LogP contribution in [0.1, 0.15) is 10.4 Å². The Morgan fingerprint density at radius 2 is 1.96 bits per heavy atom. The molecule has 4 heterocycles. The number of piperazine rings is 1. The van der Waals surface area contributed by atoms with Gasteiger partial charge in [-0.15, -0.1) is 11.3 Å². The number of hydrogen-bond acceptors (Lipinski definition) is 8. The number of anilines is 1. The van der Waals surface area contributed by atoms with E-state index >= 15 is 0 Å². The highest BCUT2D eigenvalue weighted by atomic mass is 32.1. The van der Waals surface area contributed by atoms with Gasteiger partial charge in [-0.1, -0.05) is 6.07 Å². The molecule has 0 aliphatic carbocycles. The molecule has 0 saturated carbocycles. The lowest BCUT2D eigenvalue weighted by Gasteiger charge is -2.35. The molecule has 1 aliphatic rings. The Kier molecular flexibility index (Phi) is 5.76. The summed E-state index contributed by atoms with van der Waals surface area (Å²) in [5, 5.41) is 19.6. The molecule has 0 atom stereocenters. The summed E-state index contributed by atoms with van der Waals surface area (Å²) in [6.07, 6.45) is 2.60. The van der Waals surface area contributed by atoms with Gasteiger partial charge in [0.1, 0.15) is 5.82 Å². The highest BCUT2D eigenvalue weighted by Crippen LogP contribution is 2.15. The van der Waals surface area contributed by atoms with E-state index in [0.29, 0.717) is 17.0 Å². The van der Waals surface area contributed by atoms with E-state index in [9.17, 15) is 0 Å². The Bertz CT molecular complexity index is 1010. The van der Waals surface area contributed by atoms with Crippen LogP contribution in [0, 0.1) is 16.1 Å². The van der Waals surface area contributed by atoms with E-state index in [4.69, 9.17) is 17.5 Å². The average Bonchev–Trinajstić information content (AvgIpc) is 3.38. The summed E-state index contributed by atoms with van der Waals surface area (Å²) in [4.78, 5) is 10.2. The number of rotatable bonds is 6. The van der Waals surface area contributed by atoms with Crippen molar-refractivity contribution in [3.8, 4) is 6.07 Å². The van der Waals surface area contributed by atoms with Gasteiger partial charge in [-0.3, -0.25) is 4.90 Å². The number of pyridine rings is 1. The zero-order chi connectivity index (χ0) is 19.3. The molecule has 8 nitrogen and oxygen atoms in total. The van der Waals surface area contributed by atoms with Crippen molar-refractivity contribution in [3.63, 3.8) is 0 Å². The molecule has 28 heavy (non-hydrogen) atoms. The molecular formula is C18H20N8S2. The summed E-state index contributed by atoms with van der Waals surface area (Å²) in [5.41, 5.74) is 0.637. The van der Waals surface area contributed by atoms with E-state index in [1.54, 1.807) is 33.0 Å². The maximum Gasteiger partial charge on any atom is 0.217 e. The van der Waals surface area contributed by atoms with E-state index in [2.05, 4.69) is 48.8 Å². The third-order valence-electron chi connectivity index (χ3n) is 4.75. The van der Waals surface area contributed by atoms with Gasteiger partial charge in [0.25, 0.3) is 0 Å². The number of tetrazole rings is 1. The minimum absolute atomic E-state index is 0.636. The standard InChI is InChI=1S/C18H20N8S2/c19-13-15-3-5-20-17(12-15)24-9-7-23(8-10-24)14-26-18(27)25(21-22-26)6-4-16-2-1-11-28-16/h1-3,5,11-12H,4,6-10,14H2. The van der Waals surface area contributed by atoms with Crippen LogP contribution in [-0.4, -0.2) is 55.9 Å². The maximum absolute atomic E-state index is 9.05. The quantitative estimate of drug-likeness (QED) is 0.574. The molecule has 10 heteroatoms. The van der Waals surface area contributed by atoms with Gasteiger partial charge in [0, 0.05) is 43.7 Å². The van der Waals surface area contributed by atoms with Crippen molar-refractivity contribution in [3.05, 3.63) is 51.1 Å². The highest BCUT2D eigenvalue weighted by molar-refractivity contribution is 7.71. The number of nitriles is 1. The lowest BCUT2D eigenvalue weighted by atomic mass is 10.2. The minimum Gasteiger partial charge on any atom is -0.354 e. The molecule has 0 aromatic carbocycles. The predicted octanol–water partition coefficient (Wildman–Crippen LogP) is 2.16. The zero-order valence-corrected chi connectivity index (χ0v) is 16.9. The molecule has 0 amide bonds. The molecule has 0 unspecified atom stereocenters. The summed E-state index contributed by atoms with van der Waals surface area (Å²) < 4.78 is 4.23. The second kappa shape index (κ2) is 8.60. The smallest absolute Gasteiger partial charge is 0.217 e. The summed E-state index contributed by atoms with van der Waals surface area (Å²) in [6, 6.07) is 9.91. The predicted molar refractivity (Wildman–Crippen MR) is 110 cm³/mol. The number of aromatic nitrogens is 5. The fraction of sp³-hybridized carbons (Fsp3) is 0.389. The molecule has 0 radical (unpaired) electrons. The van der Waals surface area contributed by atoms with E-state index in [0.717, 1.165) is 45.0 Å². The first-order valence-electron chi connectivity index (χ1n) is 9.09. The Labute approximate surface area is 172 Å². The van der Waals surface area contributed by atoms with Crippen molar-refractivity contribution in [2.45, 2.75) is 19.6 Å². The fourth-order valence-electron chi connectivity index (χ4n) is 3.18. The van der Waals surface area contributed by atoms with Crippen LogP contribution >= 0.6 is 23.6 Å². The van der Waals surface area contributed by atoms with Crippen LogP contribution in [-0.2, 0) is 19.6 Å². The monoisotopic (exact) mass is 412 g/mol. The van der Waals surface area contributed by atoms with Crippen LogP contribution in [0.4, 0.5) is 5.82 Å². The van der Waals surface area contributed by atoms with E-state index in [-0.39, 0.29) is 0 Å². The van der Waals surface area contributed by atoms with Gasteiger partial charge >= 0.3 is 0 Å². The Morgan fingerprint density at radius 3 is 2.71 bits per heavy atom. The first-order valence-corrected chi connectivity index (χ1v) is 10.4. The second-order valence-corrected chi connectivity index (χ2v) is 7.97. The molecule has 0 bridgehead atoms. The third-order valence-corrected chi connectivity index (χ3v) is 6.11. The van der Waals surface area contributed by atoms with Crippen molar-refractivity contribution in [2.75, 3.05) is 31.1 Å². The van der Waals surface area contributed by atoms with Crippen molar-refractivity contribution in [1.82, 2.24) is 29.7 Å². The molecule has 144 valence electrons. The number of hydrogen-bond donors (Lipinski definition) is 0. The average molecular weight is 413 g/mol. The fourth-order valence-corrected chi connectivity index (χ4v) is 4.10. The third kappa shape index (κ3) is 4.27. The SMILES string of the molecule is N#Cc1ccnc(N2CCN(Cn3nnn(CCc4cccs4)c3=S)CC2)c1. The lowest BCUT2D eigenvalue weighted by Crippen LogP contribution is -2.47. The largest absolute Gasteiger partial charge is 0.354 e. The molecular weight excluding hydrogens is 392 g/mol. The summed E-state index contributed by atoms with van der Waals surface area (Å²) in [6.45, 7) is 4.83. The maximum atomic E-state index is 9.05. The van der Waals surface area contributed by atoms with Crippen molar-refractivity contribution >= 4 is 29.4 Å². The summed E-state index contributed by atoms with van der Waals surface area (Å²) in [7, 11) is 0. The molecule has 0 spiro atoms. The first-order chi connectivity index (χ1) is 13.7. The number of thiophene rings is 1. The molecule has 3 aromatic heterocycles. The lowest BCUT2D eigenvalue weighted by molar-refractivity contribution is 0.192. The van der Waals surface area contributed by atoms with Crippen LogP contribution in [0.25, 0.3) is 0 Å². The van der Waals surface area contributed by atoms with Crippen LogP contribution in [0.5, 0.6) is 0 Å². The van der Waals surface area contributed by atoms with E-state index in [1.165, 1.54) is 4.88 Å². The molecule has 4 rings (SSSR count). The van der Waals surface area contributed by atoms with E-state index in [1.807, 2.05) is 6.07 Å². The molecule has 3 aromatic rings. The van der Waals surface area contributed by atoms with Gasteiger partial charge in [0.2, 0.25) is 4.77 Å². The normalized spacial score (nSPS) is 14.9. The van der Waals surface area contributed by atoms with Crippen LogP contribution in [0.2, 0.25) is 0 Å². The van der Waals surface area contributed by atoms with Gasteiger partial charge < -0.3 is 4.90 Å². The Balaban J connectivity index is 1.32. The zero-order valence-electron chi connectivity index (χ0n) is 15.3. The highest BCUT2D eigenvalue weighted by Gasteiger charge is 2.19. The summed E-state index contributed by atoms with van der Waals surface area (Å²) >= 11 is 7.29. The molecule has 1 aliphatic heterocycles. The van der Waals surface area contributed by atoms with Gasteiger partial charge in [-0.05, 0) is 46.2 Å². The van der Waals surface area contributed by atoms with Gasteiger partial charge in [0.15, 0.2) is 0 Å².